The Hall–Kier alpha value is -2.21. The zero-order valence-corrected chi connectivity index (χ0v) is 9.78. The number of halogens is 2. The number of carbonyl (C=O) groups is 1. The third-order valence-electron chi connectivity index (χ3n) is 2.10. The van der Waals surface area contributed by atoms with Crippen molar-refractivity contribution in [3.63, 3.8) is 0 Å². The largest absolute Gasteiger partial charge is 0.382 e. The molecule has 1 heterocycles. The summed E-state index contributed by atoms with van der Waals surface area (Å²) in [6.07, 6.45) is 0. The van der Waals surface area contributed by atoms with Crippen LogP contribution in [0.25, 0.3) is 0 Å². The van der Waals surface area contributed by atoms with Crippen LogP contribution in [0.2, 0.25) is 5.02 Å². The van der Waals surface area contributed by atoms with Crippen LogP contribution in [-0.2, 0) is 0 Å². The third kappa shape index (κ3) is 2.72. The van der Waals surface area contributed by atoms with E-state index in [1.165, 1.54) is 24.3 Å². The summed E-state index contributed by atoms with van der Waals surface area (Å²) in [5, 5.41) is 9.61. The van der Waals surface area contributed by atoms with Gasteiger partial charge < -0.3 is 11.1 Å². The number of carbonyl (C=O) groups excluding carboxylic acids is 1. The minimum absolute atomic E-state index is 0.0730. The zero-order chi connectivity index (χ0) is 13.1. The van der Waals surface area contributed by atoms with Gasteiger partial charge in [0.15, 0.2) is 5.69 Å². The van der Waals surface area contributed by atoms with Gasteiger partial charge in [-0.25, -0.2) is 4.39 Å². The summed E-state index contributed by atoms with van der Waals surface area (Å²) in [5.74, 6) is -0.816. The lowest BCUT2D eigenvalue weighted by Gasteiger charge is -2.05. The van der Waals surface area contributed by atoms with Gasteiger partial charge in [-0.3, -0.25) is 4.79 Å². The molecule has 0 atom stereocenters. The summed E-state index contributed by atoms with van der Waals surface area (Å²) >= 11 is 5.59. The normalized spacial score (nSPS) is 10.1. The van der Waals surface area contributed by atoms with Gasteiger partial charge in [-0.2, -0.15) is 0 Å². The summed E-state index contributed by atoms with van der Waals surface area (Å²) in [6, 6.07) is 6.75. The molecular formula is C11H8ClFN4O. The van der Waals surface area contributed by atoms with Crippen LogP contribution in [0.5, 0.6) is 0 Å². The van der Waals surface area contributed by atoms with Crippen LogP contribution in [0, 0.1) is 5.82 Å². The average Bonchev–Trinajstić information content (AvgIpc) is 2.34. The minimum atomic E-state index is -0.554. The van der Waals surface area contributed by atoms with E-state index in [4.69, 9.17) is 17.3 Å². The van der Waals surface area contributed by atoms with Gasteiger partial charge in [0.2, 0.25) is 0 Å². The van der Waals surface area contributed by atoms with Gasteiger partial charge in [-0.1, -0.05) is 11.6 Å². The molecule has 1 aromatic carbocycles. The number of benzene rings is 1. The summed E-state index contributed by atoms with van der Waals surface area (Å²) < 4.78 is 12.9. The number of nitrogen functional groups attached to an aromatic ring is 1. The van der Waals surface area contributed by atoms with Crippen LogP contribution in [0.15, 0.2) is 30.3 Å². The van der Waals surface area contributed by atoms with Gasteiger partial charge in [0.1, 0.15) is 11.6 Å². The molecule has 7 heteroatoms. The summed E-state index contributed by atoms with van der Waals surface area (Å²) in [5.41, 5.74) is 5.82. The Kier molecular flexibility index (Phi) is 3.38. The van der Waals surface area contributed by atoms with Crippen molar-refractivity contribution < 1.29 is 9.18 Å². The molecule has 3 N–H and O–H groups in total. The number of aromatic nitrogens is 2. The quantitative estimate of drug-likeness (QED) is 0.872. The predicted molar refractivity (Wildman–Crippen MR) is 65.8 cm³/mol. The molecule has 0 spiro atoms. The highest BCUT2D eigenvalue weighted by Crippen LogP contribution is 2.19. The van der Waals surface area contributed by atoms with Gasteiger partial charge >= 0.3 is 0 Å². The van der Waals surface area contributed by atoms with Crippen molar-refractivity contribution >= 4 is 29.0 Å². The van der Waals surface area contributed by atoms with Gasteiger partial charge in [0.05, 0.1) is 5.02 Å². The van der Waals surface area contributed by atoms with Crippen LogP contribution in [0.1, 0.15) is 10.5 Å². The number of nitrogens with one attached hydrogen (secondary N) is 1. The highest BCUT2D eigenvalue weighted by atomic mass is 35.5. The Balaban J connectivity index is 2.16. The molecule has 0 unspecified atom stereocenters. The smallest absolute Gasteiger partial charge is 0.276 e. The minimum Gasteiger partial charge on any atom is -0.382 e. The summed E-state index contributed by atoms with van der Waals surface area (Å²) in [4.78, 5) is 11.7. The number of amides is 1. The first-order chi connectivity index (χ1) is 8.56. The monoisotopic (exact) mass is 266 g/mol. The molecular weight excluding hydrogens is 259 g/mol. The molecule has 0 saturated carbocycles. The van der Waals surface area contributed by atoms with E-state index in [1.807, 2.05) is 0 Å². The first-order valence-electron chi connectivity index (χ1n) is 4.92. The highest BCUT2D eigenvalue weighted by molar-refractivity contribution is 6.31. The Bertz CT molecular complexity index is 588. The standard InChI is InChI=1S/C11H8ClFN4O/c12-7-5-6(1-2-8(7)13)15-11(18)9-3-4-10(14)17-16-9/h1-5H,(H2,14,17)(H,15,18). The van der Waals surface area contributed by atoms with Crippen molar-refractivity contribution in [3.05, 3.63) is 46.9 Å². The fraction of sp³-hybridized carbons (Fsp3) is 0. The molecule has 18 heavy (non-hydrogen) atoms. The average molecular weight is 267 g/mol. The fourth-order valence-corrected chi connectivity index (χ4v) is 1.41. The maximum atomic E-state index is 12.9. The zero-order valence-electron chi connectivity index (χ0n) is 9.02. The lowest BCUT2D eigenvalue weighted by Crippen LogP contribution is -2.14. The SMILES string of the molecule is Nc1ccc(C(=O)Nc2ccc(F)c(Cl)c2)nn1. The first kappa shape index (κ1) is 12.3. The molecule has 0 radical (unpaired) electrons. The van der Waals surface area contributed by atoms with Crippen LogP contribution in [0.4, 0.5) is 15.9 Å². The Morgan fingerprint density at radius 2 is 2.06 bits per heavy atom. The molecule has 0 aliphatic heterocycles. The van der Waals surface area contributed by atoms with Crippen LogP contribution < -0.4 is 11.1 Å². The van der Waals surface area contributed by atoms with Crippen molar-refractivity contribution in [2.45, 2.75) is 0 Å². The van der Waals surface area contributed by atoms with E-state index in [1.54, 1.807) is 0 Å². The molecule has 2 aromatic rings. The lowest BCUT2D eigenvalue weighted by atomic mass is 10.3. The number of hydrogen-bond donors (Lipinski definition) is 2. The number of nitrogens with zero attached hydrogens (tertiary/aromatic N) is 2. The van der Waals surface area contributed by atoms with E-state index >= 15 is 0 Å². The van der Waals surface area contributed by atoms with Crippen molar-refractivity contribution in [2.75, 3.05) is 11.1 Å². The number of hydrogen-bond acceptors (Lipinski definition) is 4. The van der Waals surface area contributed by atoms with Crippen LogP contribution >= 0.6 is 11.6 Å². The van der Waals surface area contributed by atoms with E-state index in [9.17, 15) is 9.18 Å². The van der Waals surface area contributed by atoms with Crippen molar-refractivity contribution in [1.29, 1.82) is 0 Å². The van der Waals surface area contributed by atoms with Gasteiger partial charge in [-0.05, 0) is 30.3 Å². The molecule has 2 rings (SSSR count). The molecule has 1 aromatic heterocycles. The van der Waals surface area contributed by atoms with E-state index in [-0.39, 0.29) is 16.5 Å². The Morgan fingerprint density at radius 1 is 1.28 bits per heavy atom. The van der Waals surface area contributed by atoms with Crippen molar-refractivity contribution in [2.24, 2.45) is 0 Å². The van der Waals surface area contributed by atoms with Crippen molar-refractivity contribution in [1.82, 2.24) is 10.2 Å². The predicted octanol–water partition coefficient (Wildman–Crippen LogP) is 2.10. The molecule has 0 saturated heterocycles. The number of anilines is 2. The molecule has 5 nitrogen and oxygen atoms in total. The second-order valence-corrected chi connectivity index (χ2v) is 3.83. The maximum absolute atomic E-state index is 12.9. The highest BCUT2D eigenvalue weighted by Gasteiger charge is 2.09. The van der Waals surface area contributed by atoms with E-state index in [0.29, 0.717) is 5.69 Å². The molecule has 0 bridgehead atoms. The topological polar surface area (TPSA) is 80.9 Å². The van der Waals surface area contributed by atoms with E-state index in [2.05, 4.69) is 15.5 Å². The molecule has 0 aliphatic carbocycles. The third-order valence-corrected chi connectivity index (χ3v) is 2.38. The second-order valence-electron chi connectivity index (χ2n) is 3.43. The molecule has 92 valence electrons. The Morgan fingerprint density at radius 3 is 2.67 bits per heavy atom. The second kappa shape index (κ2) is 4.97. The van der Waals surface area contributed by atoms with Crippen molar-refractivity contribution in [3.8, 4) is 0 Å². The molecule has 0 fully saturated rings. The number of rotatable bonds is 2. The van der Waals surface area contributed by atoms with Gasteiger partial charge in [0, 0.05) is 5.69 Å². The summed E-state index contributed by atoms with van der Waals surface area (Å²) in [6.45, 7) is 0. The first-order valence-corrected chi connectivity index (χ1v) is 5.29. The molecule has 1 amide bonds. The summed E-state index contributed by atoms with van der Waals surface area (Å²) in [7, 11) is 0. The van der Waals surface area contributed by atoms with Gasteiger partial charge in [-0.15, -0.1) is 10.2 Å². The number of nitrogens with two attached hydrogens (primary N) is 1. The van der Waals surface area contributed by atoms with Crippen LogP contribution in [-0.4, -0.2) is 16.1 Å². The fourth-order valence-electron chi connectivity index (χ4n) is 1.23. The Labute approximate surface area is 107 Å². The maximum Gasteiger partial charge on any atom is 0.276 e. The van der Waals surface area contributed by atoms with E-state index < -0.39 is 11.7 Å². The van der Waals surface area contributed by atoms with Crippen LogP contribution in [0.3, 0.4) is 0 Å². The molecule has 0 aliphatic rings. The van der Waals surface area contributed by atoms with Gasteiger partial charge in [0.25, 0.3) is 5.91 Å². The lowest BCUT2D eigenvalue weighted by molar-refractivity contribution is 0.102. The van der Waals surface area contributed by atoms with E-state index in [0.717, 1.165) is 6.07 Å².